The third-order valence-electron chi connectivity index (χ3n) is 1.81. The van der Waals surface area contributed by atoms with Gasteiger partial charge >= 0.3 is 29.6 Å². The summed E-state index contributed by atoms with van der Waals surface area (Å²) in [7, 11) is 0. The van der Waals surface area contributed by atoms with Crippen LogP contribution in [0.1, 0.15) is 0 Å². The maximum atomic E-state index is 12.8. The van der Waals surface area contributed by atoms with Gasteiger partial charge in [-0.1, -0.05) is 0 Å². The quantitative estimate of drug-likeness (QED) is 0.450. The van der Waals surface area contributed by atoms with Crippen molar-refractivity contribution in [3.05, 3.63) is 36.3 Å². The van der Waals surface area contributed by atoms with Crippen LogP contribution in [0.25, 0.3) is 10.9 Å². The number of rotatable bonds is 1. The molecule has 15 heavy (non-hydrogen) atoms. The molecule has 0 amide bonds. The fraction of sp³-hybridized carbons (Fsp3) is 0. The maximum absolute atomic E-state index is 12.8. The molecule has 0 aliphatic rings. The molecule has 0 spiro atoms. The molecule has 1 atom stereocenters. The van der Waals surface area contributed by atoms with Gasteiger partial charge in [-0.15, -0.1) is 0 Å². The Morgan fingerprint density at radius 3 is 2.73 bits per heavy atom. The van der Waals surface area contributed by atoms with Gasteiger partial charge in [0.2, 0.25) is 0 Å². The number of pyridine rings is 1. The van der Waals surface area contributed by atoms with Gasteiger partial charge in [0, 0.05) is 16.5 Å². The zero-order chi connectivity index (χ0) is 10.1. The van der Waals surface area contributed by atoms with E-state index in [2.05, 4.69) is 4.98 Å². The fourth-order valence-electron chi connectivity index (χ4n) is 1.17. The summed E-state index contributed by atoms with van der Waals surface area (Å²) in [5.74, 6) is -0.409. The Morgan fingerprint density at radius 1 is 1.33 bits per heavy atom. The normalized spacial score (nSPS) is 12.1. The standard InChI is InChI=1S/C9H6FNO2S.Na/c10-7-1-2-9-6(3-7)4-8(5-11-9)14(12)13;/h1-5H,(H,12,13);/q;+1/p-1. The summed E-state index contributed by atoms with van der Waals surface area (Å²) in [5.41, 5.74) is 0.570. The Bertz CT molecular complexity index is 520. The molecule has 2 rings (SSSR count). The third kappa shape index (κ3) is 2.83. The predicted octanol–water partition coefficient (Wildman–Crippen LogP) is -1.38. The molecule has 0 N–H and O–H groups in total. The zero-order valence-corrected chi connectivity index (χ0v) is 10.8. The van der Waals surface area contributed by atoms with Crippen molar-refractivity contribution in [1.29, 1.82) is 0 Å². The van der Waals surface area contributed by atoms with Crippen LogP contribution in [0.4, 0.5) is 4.39 Å². The van der Waals surface area contributed by atoms with Crippen molar-refractivity contribution in [3.63, 3.8) is 0 Å². The number of benzene rings is 1. The number of hydrogen-bond donors (Lipinski definition) is 0. The molecule has 0 bridgehead atoms. The second-order valence-electron chi connectivity index (χ2n) is 2.74. The van der Waals surface area contributed by atoms with Crippen LogP contribution in [-0.4, -0.2) is 13.7 Å². The van der Waals surface area contributed by atoms with Gasteiger partial charge in [-0.3, -0.25) is 9.19 Å². The summed E-state index contributed by atoms with van der Waals surface area (Å²) in [4.78, 5) is 3.94. The monoisotopic (exact) mass is 233 g/mol. The van der Waals surface area contributed by atoms with Gasteiger partial charge in [0.05, 0.1) is 5.52 Å². The van der Waals surface area contributed by atoms with E-state index in [-0.39, 0.29) is 34.5 Å². The largest absolute Gasteiger partial charge is 1.00 e. The Balaban J connectivity index is 0.00000112. The van der Waals surface area contributed by atoms with Crippen molar-refractivity contribution in [2.45, 2.75) is 4.90 Å². The van der Waals surface area contributed by atoms with Gasteiger partial charge in [-0.2, -0.15) is 0 Å². The van der Waals surface area contributed by atoms with Crippen LogP contribution in [0.3, 0.4) is 0 Å². The molecule has 0 aliphatic heterocycles. The molecule has 0 saturated carbocycles. The average molecular weight is 233 g/mol. The minimum atomic E-state index is -2.33. The molecule has 0 fully saturated rings. The van der Waals surface area contributed by atoms with E-state index in [9.17, 15) is 13.2 Å². The summed E-state index contributed by atoms with van der Waals surface area (Å²) in [5, 5.41) is 0.478. The Hall–Kier alpha value is -0.330. The van der Waals surface area contributed by atoms with E-state index < -0.39 is 16.9 Å². The second-order valence-corrected chi connectivity index (χ2v) is 3.68. The van der Waals surface area contributed by atoms with Gasteiger partial charge in [-0.05, 0) is 35.3 Å². The maximum Gasteiger partial charge on any atom is 1.00 e. The Kier molecular flexibility index (Phi) is 4.36. The summed E-state index contributed by atoms with van der Waals surface area (Å²) in [6, 6.07) is 5.42. The molecule has 0 saturated heterocycles. The van der Waals surface area contributed by atoms with Crippen molar-refractivity contribution in [2.24, 2.45) is 0 Å². The smallest absolute Gasteiger partial charge is 0.768 e. The molecule has 6 heteroatoms. The first-order valence-corrected chi connectivity index (χ1v) is 4.89. The molecule has 3 nitrogen and oxygen atoms in total. The van der Waals surface area contributed by atoms with E-state index in [0.29, 0.717) is 10.9 Å². The third-order valence-corrected chi connectivity index (χ3v) is 2.42. The van der Waals surface area contributed by atoms with Crippen LogP contribution in [0.15, 0.2) is 35.4 Å². The molecule has 72 valence electrons. The predicted molar refractivity (Wildman–Crippen MR) is 48.9 cm³/mol. The van der Waals surface area contributed by atoms with Crippen LogP contribution in [0.2, 0.25) is 0 Å². The van der Waals surface area contributed by atoms with E-state index in [4.69, 9.17) is 0 Å². The van der Waals surface area contributed by atoms with Crippen molar-refractivity contribution in [2.75, 3.05) is 0 Å². The van der Waals surface area contributed by atoms with Gasteiger partial charge in [-0.25, -0.2) is 4.39 Å². The van der Waals surface area contributed by atoms with Crippen LogP contribution in [-0.2, 0) is 11.1 Å². The summed E-state index contributed by atoms with van der Waals surface area (Å²) < 4.78 is 34.0. The fourth-order valence-corrected chi connectivity index (χ4v) is 1.54. The number of aromatic nitrogens is 1. The van der Waals surface area contributed by atoms with Crippen LogP contribution >= 0.6 is 0 Å². The molecular formula is C9H5FNNaO2S. The SMILES string of the molecule is O=S([O-])c1cnc2ccc(F)cc2c1.[Na+]. The van der Waals surface area contributed by atoms with Crippen LogP contribution in [0.5, 0.6) is 0 Å². The number of halogens is 1. The molecular weight excluding hydrogens is 228 g/mol. The molecule has 0 radical (unpaired) electrons. The van der Waals surface area contributed by atoms with Crippen LogP contribution < -0.4 is 29.6 Å². The molecule has 1 heterocycles. The van der Waals surface area contributed by atoms with Gasteiger partial charge in [0.1, 0.15) is 5.82 Å². The molecule has 1 aromatic carbocycles. The molecule has 1 aromatic heterocycles. The van der Waals surface area contributed by atoms with Gasteiger partial charge < -0.3 is 4.55 Å². The number of hydrogen-bond acceptors (Lipinski definition) is 3. The first kappa shape index (κ1) is 12.7. The van der Waals surface area contributed by atoms with E-state index in [1.807, 2.05) is 0 Å². The first-order chi connectivity index (χ1) is 6.66. The van der Waals surface area contributed by atoms with Gasteiger partial charge in [0.25, 0.3) is 0 Å². The van der Waals surface area contributed by atoms with E-state index in [1.54, 1.807) is 0 Å². The molecule has 0 aliphatic carbocycles. The van der Waals surface area contributed by atoms with Crippen molar-refractivity contribution in [1.82, 2.24) is 4.98 Å². The number of nitrogens with zero attached hydrogens (tertiary/aromatic N) is 1. The van der Waals surface area contributed by atoms with E-state index >= 15 is 0 Å². The summed E-state index contributed by atoms with van der Waals surface area (Å²) >= 11 is -2.33. The second kappa shape index (κ2) is 5.14. The topological polar surface area (TPSA) is 53.0 Å². The molecule has 1 unspecified atom stereocenters. The van der Waals surface area contributed by atoms with Gasteiger partial charge in [0.15, 0.2) is 0 Å². The first-order valence-electron chi connectivity index (χ1n) is 3.81. The van der Waals surface area contributed by atoms with Crippen molar-refractivity contribution >= 4 is 22.0 Å². The van der Waals surface area contributed by atoms with Crippen molar-refractivity contribution in [3.8, 4) is 0 Å². The Labute approximate surface area is 110 Å². The summed E-state index contributed by atoms with van der Waals surface area (Å²) in [6.07, 6.45) is 1.24. The van der Waals surface area contributed by atoms with E-state index in [1.165, 1.54) is 30.5 Å². The minimum absolute atomic E-state index is 0. The molecule has 2 aromatic rings. The Morgan fingerprint density at radius 2 is 2.07 bits per heavy atom. The summed E-state index contributed by atoms with van der Waals surface area (Å²) in [6.45, 7) is 0. The average Bonchev–Trinajstić information content (AvgIpc) is 2.16. The van der Waals surface area contributed by atoms with E-state index in [0.717, 1.165) is 0 Å². The van der Waals surface area contributed by atoms with Crippen molar-refractivity contribution < 1.29 is 42.7 Å². The minimum Gasteiger partial charge on any atom is -0.768 e. The van der Waals surface area contributed by atoms with Crippen LogP contribution in [0, 0.1) is 5.82 Å². The number of fused-ring (bicyclic) bond motifs is 1. The zero-order valence-electron chi connectivity index (χ0n) is 7.94.